The Morgan fingerprint density at radius 1 is 0.184 bits per heavy atom. The summed E-state index contributed by atoms with van der Waals surface area (Å²) >= 11 is 3.74. The molecule has 103 heavy (non-hydrogen) atoms. The van der Waals surface area contributed by atoms with Crippen molar-refractivity contribution < 1.29 is 0 Å². The predicted octanol–water partition coefficient (Wildman–Crippen LogP) is 29.0. The number of nitrogens with zero attached hydrogens (tertiary/aromatic N) is 2. The van der Waals surface area contributed by atoms with Crippen LogP contribution in [0.3, 0.4) is 0 Å². The molecule has 2 heterocycles. The monoisotopic (exact) mass is 1350 g/mol. The molecule has 19 rings (SSSR count). The first kappa shape index (κ1) is 62.8. The third kappa shape index (κ3) is 12.2. The lowest BCUT2D eigenvalue weighted by molar-refractivity contribution is 0.660. The van der Waals surface area contributed by atoms with Gasteiger partial charge in [-0.3, -0.25) is 0 Å². The summed E-state index contributed by atoms with van der Waals surface area (Å²) in [4.78, 5) is 4.71. The van der Waals surface area contributed by atoms with Crippen LogP contribution in [-0.4, -0.2) is 0 Å². The fourth-order valence-electron chi connectivity index (χ4n) is 15.1. The van der Waals surface area contributed by atoms with E-state index >= 15 is 0 Å². The van der Waals surface area contributed by atoms with E-state index in [1.54, 1.807) is 0 Å². The van der Waals surface area contributed by atoms with E-state index in [4.69, 9.17) is 0 Å². The van der Waals surface area contributed by atoms with Crippen molar-refractivity contribution in [3.63, 3.8) is 0 Å². The molecular weight excluding hydrogens is 1280 g/mol. The van der Waals surface area contributed by atoms with Crippen LogP contribution in [0.1, 0.15) is 25.0 Å². The van der Waals surface area contributed by atoms with Gasteiger partial charge in [-0.1, -0.05) is 281 Å². The van der Waals surface area contributed by atoms with Gasteiger partial charge in [-0.05, 0) is 221 Å². The van der Waals surface area contributed by atoms with Crippen molar-refractivity contribution in [1.82, 2.24) is 0 Å². The van der Waals surface area contributed by atoms with E-state index in [-0.39, 0.29) is 5.41 Å². The summed E-state index contributed by atoms with van der Waals surface area (Å²) in [5.41, 5.74) is 29.2. The van der Waals surface area contributed by atoms with Gasteiger partial charge in [0.2, 0.25) is 0 Å². The molecule has 0 radical (unpaired) electrons. The van der Waals surface area contributed by atoms with Gasteiger partial charge in [0.25, 0.3) is 0 Å². The third-order valence-electron chi connectivity index (χ3n) is 20.6. The van der Waals surface area contributed by atoms with Crippen molar-refractivity contribution in [2.75, 3.05) is 9.80 Å². The third-order valence-corrected chi connectivity index (χ3v) is 22.9. The van der Waals surface area contributed by atoms with Crippen LogP contribution in [0.2, 0.25) is 0 Å². The van der Waals surface area contributed by atoms with Crippen LogP contribution < -0.4 is 9.80 Å². The molecule has 0 fully saturated rings. The predicted molar refractivity (Wildman–Crippen MR) is 444 cm³/mol. The number of hydrogen-bond donors (Lipinski definition) is 0. The first-order valence-corrected chi connectivity index (χ1v) is 37.0. The molecule has 0 amide bonds. The zero-order valence-electron chi connectivity index (χ0n) is 57.2. The smallest absolute Gasteiger partial charge is 0.0465 e. The highest BCUT2D eigenvalue weighted by Gasteiger charge is 2.36. The molecule has 0 N–H and O–H groups in total. The first-order valence-electron chi connectivity index (χ1n) is 35.3. The fraction of sp³-hybridized carbons (Fsp3) is 0.0303. The second-order valence-electron chi connectivity index (χ2n) is 27.2. The van der Waals surface area contributed by atoms with Crippen LogP contribution in [0, 0.1) is 0 Å². The highest BCUT2D eigenvalue weighted by atomic mass is 32.1. The molecule has 0 saturated heterocycles. The van der Waals surface area contributed by atoms with Gasteiger partial charge in [0.05, 0.1) is 0 Å². The molecule has 0 bridgehead atoms. The number of anilines is 6. The molecule has 4 heteroatoms. The van der Waals surface area contributed by atoms with Gasteiger partial charge in [0, 0.05) is 79.9 Å². The first-order chi connectivity index (χ1) is 50.8. The van der Waals surface area contributed by atoms with Gasteiger partial charge in [-0.25, -0.2) is 0 Å². The van der Waals surface area contributed by atoms with Gasteiger partial charge in [0.15, 0.2) is 0 Å². The van der Waals surface area contributed by atoms with E-state index in [0.717, 1.165) is 34.1 Å². The van der Waals surface area contributed by atoms with E-state index in [1.807, 2.05) is 22.7 Å². The molecule has 0 atom stereocenters. The van der Waals surface area contributed by atoms with E-state index in [2.05, 4.69) is 412 Å². The molecule has 0 spiro atoms. The number of benzene rings is 16. The second kappa shape index (κ2) is 26.9. The summed E-state index contributed by atoms with van der Waals surface area (Å²) in [6.07, 6.45) is 0. The highest BCUT2D eigenvalue weighted by molar-refractivity contribution is 7.26. The number of rotatable bonds is 13. The lowest BCUT2D eigenvalue weighted by Crippen LogP contribution is -2.16. The maximum Gasteiger partial charge on any atom is 0.0465 e. The lowest BCUT2D eigenvalue weighted by Gasteiger charge is -2.28. The van der Waals surface area contributed by atoms with Crippen molar-refractivity contribution >= 4 is 97.1 Å². The van der Waals surface area contributed by atoms with Gasteiger partial charge in [0.1, 0.15) is 0 Å². The van der Waals surface area contributed by atoms with Gasteiger partial charge < -0.3 is 9.80 Å². The average molecular weight is 1350 g/mol. The molecule has 16 aromatic carbocycles. The number of thiophene rings is 2. The van der Waals surface area contributed by atoms with Crippen molar-refractivity contribution in [2.24, 2.45) is 0 Å². The Kier molecular flexibility index (Phi) is 16.4. The summed E-state index contributed by atoms with van der Waals surface area (Å²) in [6.45, 7) is 4.76. The maximum absolute atomic E-state index is 2.44. The van der Waals surface area contributed by atoms with Gasteiger partial charge in [-0.15, -0.1) is 22.7 Å². The molecule has 1 aliphatic rings. The Hall–Kier alpha value is -12.4. The van der Waals surface area contributed by atoms with Crippen molar-refractivity contribution in [3.05, 3.63) is 399 Å². The standard InChI is InChI=1S/C51H37NS.C48H33NS/c1-51(2)47-32-39(38-24-30-50-46(31-38)45-15-9-10-16-49(45)53-50)23-28-43(47)44-29-27-42(33-48(44)51)52(40-13-7-4-8-14-40)41-25-21-37(22-26-41)36-19-17-35(18-20-36)34-11-5-3-6-12-34;1-4-10-34(11-5-1)36-16-18-37(19-17-36)38-20-26-43(27-21-38)49(42-14-8-3-9-15-42)44-28-22-39(23-29-44)41-25-31-48-46(33-41)45-32-40(24-30-47(45)50-48)35-12-6-2-7-13-35/h3-33H,1-2H3;1-33H. The Balaban J connectivity index is 0.000000147. The molecule has 0 unspecified atom stereocenters. The summed E-state index contributed by atoms with van der Waals surface area (Å²) < 4.78 is 5.32. The topological polar surface area (TPSA) is 6.48 Å². The zero-order chi connectivity index (χ0) is 68.8. The van der Waals surface area contributed by atoms with Crippen LogP contribution in [0.25, 0.3) is 129 Å². The highest BCUT2D eigenvalue weighted by Crippen LogP contribution is 2.52. The molecule has 2 nitrogen and oxygen atoms in total. The number of fused-ring (bicyclic) bond motifs is 9. The summed E-state index contributed by atoms with van der Waals surface area (Å²) in [7, 11) is 0. The van der Waals surface area contributed by atoms with E-state index in [0.29, 0.717) is 0 Å². The Morgan fingerprint density at radius 3 is 0.845 bits per heavy atom. The number of para-hydroxylation sites is 2. The van der Waals surface area contributed by atoms with Crippen molar-refractivity contribution in [2.45, 2.75) is 19.3 Å². The molecule has 1 aliphatic carbocycles. The van der Waals surface area contributed by atoms with E-state index in [9.17, 15) is 0 Å². The molecule has 488 valence electrons. The SMILES string of the molecule is CC1(C)c2cc(-c3ccc4sc5ccccc5c4c3)ccc2-c2ccc(N(c3ccccc3)c3ccc(-c4ccc(-c5ccccc5)cc4)cc3)cc21.c1ccc(-c2ccc(-c3ccc(N(c4ccccc4)c4ccc(-c5ccc6sc7ccc(-c8ccccc8)cc7c6c5)cc4)cc3)cc2)cc1. The summed E-state index contributed by atoms with van der Waals surface area (Å²) in [6, 6.07) is 141. The Morgan fingerprint density at radius 2 is 0.427 bits per heavy atom. The molecule has 18 aromatic rings. The van der Waals surface area contributed by atoms with Crippen LogP contribution in [0.5, 0.6) is 0 Å². The van der Waals surface area contributed by atoms with Crippen LogP contribution >= 0.6 is 22.7 Å². The minimum atomic E-state index is -0.159. The van der Waals surface area contributed by atoms with Gasteiger partial charge >= 0.3 is 0 Å². The van der Waals surface area contributed by atoms with Crippen LogP contribution in [0.15, 0.2) is 388 Å². The molecular formula is C99H70N2S2. The van der Waals surface area contributed by atoms with E-state index < -0.39 is 0 Å². The largest absolute Gasteiger partial charge is 0.311 e. The van der Waals surface area contributed by atoms with Crippen molar-refractivity contribution in [3.8, 4) is 89.0 Å². The van der Waals surface area contributed by atoms with Crippen molar-refractivity contribution in [1.29, 1.82) is 0 Å². The van der Waals surface area contributed by atoms with E-state index in [1.165, 1.54) is 140 Å². The lowest BCUT2D eigenvalue weighted by atomic mass is 9.81. The minimum absolute atomic E-state index is 0.159. The summed E-state index contributed by atoms with van der Waals surface area (Å²) in [5, 5.41) is 5.30. The maximum atomic E-state index is 2.44. The normalized spacial score (nSPS) is 12.1. The zero-order valence-corrected chi connectivity index (χ0v) is 58.8. The quantitative estimate of drug-likeness (QED) is 0.114. The average Bonchev–Trinajstić information content (AvgIpc) is 1.57. The molecule has 0 saturated carbocycles. The Labute approximate surface area is 610 Å². The Bertz CT molecular complexity index is 6070. The minimum Gasteiger partial charge on any atom is -0.311 e. The second-order valence-corrected chi connectivity index (χ2v) is 29.4. The molecule has 0 aliphatic heterocycles. The van der Waals surface area contributed by atoms with Crippen LogP contribution in [-0.2, 0) is 5.41 Å². The fourth-order valence-corrected chi connectivity index (χ4v) is 17.3. The number of hydrogen-bond acceptors (Lipinski definition) is 4. The van der Waals surface area contributed by atoms with Crippen LogP contribution in [0.4, 0.5) is 34.1 Å². The summed E-state index contributed by atoms with van der Waals surface area (Å²) in [5.74, 6) is 0. The molecule has 2 aromatic heterocycles. The van der Waals surface area contributed by atoms with Gasteiger partial charge in [-0.2, -0.15) is 0 Å².